The molecule has 1 fully saturated rings. The number of carbonyl (C=O) groups excluding carboxylic acids is 1. The first-order valence-corrected chi connectivity index (χ1v) is 8.23. The molecule has 2 rings (SSSR count). The van der Waals surface area contributed by atoms with Crippen molar-refractivity contribution in [2.75, 3.05) is 13.1 Å². The fraction of sp³-hybridized carbons (Fsp3) is 0.529. The Bertz CT molecular complexity index is 577. The summed E-state index contributed by atoms with van der Waals surface area (Å²) in [6.45, 7) is 4.62. The van der Waals surface area contributed by atoms with Crippen molar-refractivity contribution in [3.8, 4) is 5.75 Å². The van der Waals surface area contributed by atoms with Crippen LogP contribution in [0.25, 0.3) is 0 Å². The number of rotatable bonds is 5. The Labute approximate surface area is 141 Å². The Balaban J connectivity index is 2.10. The molecular formula is C17H22ClNO4. The molecule has 23 heavy (non-hydrogen) atoms. The second-order valence-electron chi connectivity index (χ2n) is 6.06. The minimum absolute atomic E-state index is 0.159. The van der Waals surface area contributed by atoms with E-state index in [-0.39, 0.29) is 18.4 Å². The number of carboxylic acid groups (broad SMARTS) is 1. The molecule has 1 heterocycles. The van der Waals surface area contributed by atoms with E-state index in [2.05, 4.69) is 0 Å². The molecular weight excluding hydrogens is 318 g/mol. The van der Waals surface area contributed by atoms with Gasteiger partial charge < -0.3 is 14.7 Å². The Morgan fingerprint density at radius 1 is 1.39 bits per heavy atom. The maximum Gasteiger partial charge on any atom is 0.308 e. The summed E-state index contributed by atoms with van der Waals surface area (Å²) in [5, 5.41) is 9.69. The number of para-hydroxylation sites is 1. The largest absolute Gasteiger partial charge is 0.481 e. The van der Waals surface area contributed by atoms with E-state index in [1.165, 1.54) is 0 Å². The SMILES string of the molecule is CCC(Oc1ccccc1Cl)C(=O)N1CC(C)CC(C(=O)O)C1. The van der Waals surface area contributed by atoms with Crippen LogP contribution in [0.3, 0.4) is 0 Å². The predicted octanol–water partition coefficient (Wildman–Crippen LogP) is 3.07. The van der Waals surface area contributed by atoms with Gasteiger partial charge in [0.2, 0.25) is 0 Å². The molecule has 1 aliphatic rings. The molecule has 3 unspecified atom stereocenters. The molecule has 1 N–H and O–H groups in total. The average Bonchev–Trinajstić information content (AvgIpc) is 2.53. The van der Waals surface area contributed by atoms with E-state index in [0.29, 0.717) is 30.2 Å². The highest BCUT2D eigenvalue weighted by atomic mass is 35.5. The van der Waals surface area contributed by atoms with Crippen LogP contribution < -0.4 is 4.74 Å². The number of aliphatic carboxylic acids is 1. The Morgan fingerprint density at radius 3 is 2.70 bits per heavy atom. The molecule has 0 bridgehead atoms. The number of likely N-dealkylation sites (tertiary alicyclic amines) is 1. The van der Waals surface area contributed by atoms with Crippen molar-refractivity contribution in [2.24, 2.45) is 11.8 Å². The highest BCUT2D eigenvalue weighted by molar-refractivity contribution is 6.32. The number of piperidine rings is 1. The fourth-order valence-corrected chi connectivity index (χ4v) is 3.10. The highest BCUT2D eigenvalue weighted by Crippen LogP contribution is 2.27. The molecule has 6 heteroatoms. The molecule has 1 aromatic carbocycles. The number of benzene rings is 1. The van der Waals surface area contributed by atoms with E-state index in [4.69, 9.17) is 16.3 Å². The van der Waals surface area contributed by atoms with Crippen LogP contribution in [-0.2, 0) is 9.59 Å². The van der Waals surface area contributed by atoms with Crippen LogP contribution in [0.15, 0.2) is 24.3 Å². The average molecular weight is 340 g/mol. The highest BCUT2D eigenvalue weighted by Gasteiger charge is 2.35. The number of halogens is 1. The van der Waals surface area contributed by atoms with Crippen molar-refractivity contribution < 1.29 is 19.4 Å². The van der Waals surface area contributed by atoms with E-state index in [1.54, 1.807) is 29.2 Å². The molecule has 0 radical (unpaired) electrons. The second kappa shape index (κ2) is 7.68. The zero-order valence-electron chi connectivity index (χ0n) is 13.4. The van der Waals surface area contributed by atoms with E-state index in [0.717, 1.165) is 0 Å². The third kappa shape index (κ3) is 4.38. The lowest BCUT2D eigenvalue weighted by atomic mass is 9.90. The van der Waals surface area contributed by atoms with Crippen LogP contribution in [0.2, 0.25) is 5.02 Å². The molecule has 5 nitrogen and oxygen atoms in total. The lowest BCUT2D eigenvalue weighted by Gasteiger charge is -2.36. The summed E-state index contributed by atoms with van der Waals surface area (Å²) in [5.41, 5.74) is 0. The van der Waals surface area contributed by atoms with Gasteiger partial charge in [0, 0.05) is 13.1 Å². The molecule has 1 saturated heterocycles. The maximum absolute atomic E-state index is 12.7. The molecule has 1 aliphatic heterocycles. The molecule has 0 aromatic heterocycles. The standard InChI is InChI=1S/C17H22ClNO4/c1-3-14(23-15-7-5-4-6-13(15)18)16(20)19-9-11(2)8-12(10-19)17(21)22/h4-7,11-12,14H,3,8-10H2,1-2H3,(H,21,22). The first-order chi connectivity index (χ1) is 10.9. The summed E-state index contributed by atoms with van der Waals surface area (Å²) in [7, 11) is 0. The van der Waals surface area contributed by atoms with Crippen molar-refractivity contribution >= 4 is 23.5 Å². The normalized spacial score (nSPS) is 22.5. The van der Waals surface area contributed by atoms with Crippen LogP contribution in [0.4, 0.5) is 0 Å². The zero-order chi connectivity index (χ0) is 17.0. The quantitative estimate of drug-likeness (QED) is 0.895. The van der Waals surface area contributed by atoms with Crippen LogP contribution in [-0.4, -0.2) is 41.1 Å². The van der Waals surface area contributed by atoms with Gasteiger partial charge in [-0.1, -0.05) is 37.6 Å². The lowest BCUT2D eigenvalue weighted by Crippen LogP contribution is -2.50. The van der Waals surface area contributed by atoms with Crippen molar-refractivity contribution in [1.29, 1.82) is 0 Å². The third-order valence-electron chi connectivity index (χ3n) is 4.07. The van der Waals surface area contributed by atoms with Gasteiger partial charge in [-0.3, -0.25) is 9.59 Å². The summed E-state index contributed by atoms with van der Waals surface area (Å²) in [4.78, 5) is 25.6. The predicted molar refractivity (Wildman–Crippen MR) is 87.6 cm³/mol. The van der Waals surface area contributed by atoms with Gasteiger partial charge in [0.05, 0.1) is 10.9 Å². The number of ether oxygens (including phenoxy) is 1. The minimum atomic E-state index is -0.852. The first kappa shape index (κ1) is 17.6. The first-order valence-electron chi connectivity index (χ1n) is 7.85. The summed E-state index contributed by atoms with van der Waals surface area (Å²) in [5.74, 6) is -0.916. The Hall–Kier alpha value is -1.75. The van der Waals surface area contributed by atoms with Crippen molar-refractivity contribution in [2.45, 2.75) is 32.8 Å². The molecule has 1 amide bonds. The van der Waals surface area contributed by atoms with Gasteiger partial charge in [0.1, 0.15) is 5.75 Å². The molecule has 0 aliphatic carbocycles. The van der Waals surface area contributed by atoms with Gasteiger partial charge in [0.25, 0.3) is 5.91 Å². The molecule has 126 valence electrons. The van der Waals surface area contributed by atoms with E-state index < -0.39 is 18.0 Å². The number of hydrogen-bond acceptors (Lipinski definition) is 3. The number of nitrogens with zero attached hydrogens (tertiary/aromatic N) is 1. The molecule has 1 aromatic rings. The van der Waals surface area contributed by atoms with Gasteiger partial charge in [0.15, 0.2) is 6.10 Å². The molecule has 3 atom stereocenters. The minimum Gasteiger partial charge on any atom is -0.481 e. The number of carboxylic acids is 1. The lowest BCUT2D eigenvalue weighted by molar-refractivity contribution is -0.149. The number of amides is 1. The van der Waals surface area contributed by atoms with Crippen LogP contribution >= 0.6 is 11.6 Å². The summed E-state index contributed by atoms with van der Waals surface area (Å²) in [6, 6.07) is 7.01. The summed E-state index contributed by atoms with van der Waals surface area (Å²) in [6.07, 6.45) is 0.433. The summed E-state index contributed by atoms with van der Waals surface area (Å²) < 4.78 is 5.77. The third-order valence-corrected chi connectivity index (χ3v) is 4.38. The number of hydrogen-bond donors (Lipinski definition) is 1. The molecule has 0 saturated carbocycles. The Kier molecular flexibility index (Phi) is 5.88. The van der Waals surface area contributed by atoms with Crippen molar-refractivity contribution in [1.82, 2.24) is 4.90 Å². The maximum atomic E-state index is 12.7. The van der Waals surface area contributed by atoms with Gasteiger partial charge in [-0.05, 0) is 30.9 Å². The fourth-order valence-electron chi connectivity index (χ4n) is 2.92. The Morgan fingerprint density at radius 2 is 2.09 bits per heavy atom. The van der Waals surface area contributed by atoms with Gasteiger partial charge >= 0.3 is 5.97 Å². The van der Waals surface area contributed by atoms with Gasteiger partial charge in [-0.15, -0.1) is 0 Å². The van der Waals surface area contributed by atoms with Crippen LogP contribution in [0.5, 0.6) is 5.75 Å². The van der Waals surface area contributed by atoms with Gasteiger partial charge in [-0.25, -0.2) is 0 Å². The summed E-state index contributed by atoms with van der Waals surface area (Å²) >= 11 is 6.08. The zero-order valence-corrected chi connectivity index (χ0v) is 14.1. The second-order valence-corrected chi connectivity index (χ2v) is 6.47. The van der Waals surface area contributed by atoms with Crippen molar-refractivity contribution in [3.63, 3.8) is 0 Å². The molecule has 0 spiro atoms. The van der Waals surface area contributed by atoms with E-state index in [9.17, 15) is 14.7 Å². The topological polar surface area (TPSA) is 66.8 Å². The van der Waals surface area contributed by atoms with Crippen molar-refractivity contribution in [3.05, 3.63) is 29.3 Å². The monoisotopic (exact) mass is 339 g/mol. The van der Waals surface area contributed by atoms with Crippen LogP contribution in [0, 0.1) is 11.8 Å². The van der Waals surface area contributed by atoms with E-state index >= 15 is 0 Å². The van der Waals surface area contributed by atoms with Gasteiger partial charge in [-0.2, -0.15) is 0 Å². The smallest absolute Gasteiger partial charge is 0.308 e. The van der Waals surface area contributed by atoms with Crippen LogP contribution in [0.1, 0.15) is 26.7 Å². The number of carbonyl (C=O) groups is 2. The van der Waals surface area contributed by atoms with E-state index in [1.807, 2.05) is 13.8 Å².